The van der Waals surface area contributed by atoms with E-state index in [9.17, 15) is 0 Å². The summed E-state index contributed by atoms with van der Waals surface area (Å²) in [4.78, 5) is 4.19. The number of nitrogens with two attached hydrogens (primary N) is 1. The molecular formula is C14H15ClN2O. The van der Waals surface area contributed by atoms with Crippen LogP contribution in [0.15, 0.2) is 36.5 Å². The Hall–Kier alpha value is -1.58. The summed E-state index contributed by atoms with van der Waals surface area (Å²) in [6.45, 7) is 2.47. The van der Waals surface area contributed by atoms with Gasteiger partial charge in [-0.15, -0.1) is 0 Å². The molecule has 0 aliphatic heterocycles. The Kier molecular flexibility index (Phi) is 4.18. The lowest BCUT2D eigenvalue weighted by Crippen LogP contribution is -2.04. The fourth-order valence-corrected chi connectivity index (χ4v) is 1.89. The highest BCUT2D eigenvalue weighted by molar-refractivity contribution is 6.30. The third-order valence-electron chi connectivity index (χ3n) is 2.61. The first-order valence-electron chi connectivity index (χ1n) is 5.78. The molecule has 2 N–H and O–H groups in total. The molecule has 0 unspecified atom stereocenters. The van der Waals surface area contributed by atoms with Gasteiger partial charge in [-0.2, -0.15) is 0 Å². The number of aromatic nitrogens is 1. The largest absolute Gasteiger partial charge is 0.455 e. The Morgan fingerprint density at radius 1 is 1.28 bits per heavy atom. The molecule has 1 aromatic carbocycles. The summed E-state index contributed by atoms with van der Waals surface area (Å²) < 4.78 is 5.87. The van der Waals surface area contributed by atoms with E-state index in [2.05, 4.69) is 4.98 Å². The summed E-state index contributed by atoms with van der Waals surface area (Å²) in [5.74, 6) is 1.53. The quantitative estimate of drug-likeness (QED) is 0.919. The molecule has 1 aromatic heterocycles. The van der Waals surface area contributed by atoms with E-state index in [1.807, 2.05) is 37.3 Å². The van der Waals surface area contributed by atoms with E-state index in [1.165, 1.54) is 0 Å². The molecule has 3 nitrogen and oxygen atoms in total. The molecule has 0 bridgehead atoms. The van der Waals surface area contributed by atoms with Gasteiger partial charge in [-0.1, -0.05) is 11.6 Å². The third kappa shape index (κ3) is 3.00. The van der Waals surface area contributed by atoms with Crippen LogP contribution in [0.5, 0.6) is 11.5 Å². The van der Waals surface area contributed by atoms with Crippen LogP contribution >= 0.6 is 11.6 Å². The molecule has 0 radical (unpaired) electrons. The number of halogens is 1. The van der Waals surface area contributed by atoms with Gasteiger partial charge in [0.2, 0.25) is 0 Å². The molecule has 0 aliphatic rings. The monoisotopic (exact) mass is 262 g/mol. The number of pyridine rings is 1. The summed E-state index contributed by atoms with van der Waals surface area (Å²) in [5, 5.41) is 0.689. The number of aryl methyl sites for hydroxylation is 1. The highest BCUT2D eigenvalue weighted by Gasteiger charge is 2.07. The van der Waals surface area contributed by atoms with Crippen molar-refractivity contribution < 1.29 is 4.74 Å². The molecule has 18 heavy (non-hydrogen) atoms. The van der Waals surface area contributed by atoms with Crippen molar-refractivity contribution in [2.45, 2.75) is 13.3 Å². The topological polar surface area (TPSA) is 48.1 Å². The SMILES string of the molecule is Cc1ncccc1Oc1ccc(Cl)cc1CCN. The van der Waals surface area contributed by atoms with E-state index in [4.69, 9.17) is 22.1 Å². The number of hydrogen-bond donors (Lipinski definition) is 1. The number of benzene rings is 1. The van der Waals surface area contributed by atoms with Crippen LogP contribution in [-0.2, 0) is 6.42 Å². The minimum absolute atomic E-state index is 0.558. The minimum atomic E-state index is 0.558. The fraction of sp³-hybridized carbons (Fsp3) is 0.214. The first-order valence-corrected chi connectivity index (χ1v) is 6.16. The number of ether oxygens (including phenoxy) is 1. The van der Waals surface area contributed by atoms with Crippen molar-refractivity contribution in [3.8, 4) is 11.5 Å². The Morgan fingerprint density at radius 2 is 2.11 bits per heavy atom. The predicted molar refractivity (Wildman–Crippen MR) is 73.3 cm³/mol. The molecule has 0 amide bonds. The molecule has 0 saturated heterocycles. The minimum Gasteiger partial charge on any atom is -0.455 e. The number of nitrogens with zero attached hydrogens (tertiary/aromatic N) is 1. The highest BCUT2D eigenvalue weighted by Crippen LogP contribution is 2.29. The molecule has 4 heteroatoms. The lowest BCUT2D eigenvalue weighted by Gasteiger charge is -2.12. The van der Waals surface area contributed by atoms with Crippen LogP contribution in [-0.4, -0.2) is 11.5 Å². The third-order valence-corrected chi connectivity index (χ3v) is 2.85. The maximum atomic E-state index is 5.98. The van der Waals surface area contributed by atoms with Crippen molar-refractivity contribution in [3.63, 3.8) is 0 Å². The second-order valence-corrected chi connectivity index (χ2v) is 4.42. The van der Waals surface area contributed by atoms with Gasteiger partial charge in [0.05, 0.1) is 5.69 Å². The van der Waals surface area contributed by atoms with Crippen molar-refractivity contribution in [3.05, 3.63) is 52.8 Å². The lowest BCUT2D eigenvalue weighted by molar-refractivity contribution is 0.469. The van der Waals surface area contributed by atoms with E-state index in [0.29, 0.717) is 11.6 Å². The average Bonchev–Trinajstić information content (AvgIpc) is 2.35. The van der Waals surface area contributed by atoms with Crippen LogP contribution in [0.1, 0.15) is 11.3 Å². The van der Waals surface area contributed by atoms with Gasteiger partial charge in [-0.05, 0) is 55.8 Å². The Balaban J connectivity index is 2.31. The van der Waals surface area contributed by atoms with E-state index in [1.54, 1.807) is 6.20 Å². The molecule has 0 saturated carbocycles. The standard InChI is InChI=1S/C14H15ClN2O/c1-10-13(3-2-8-17-10)18-14-5-4-12(15)9-11(14)6-7-16/h2-5,8-9H,6-7,16H2,1H3. The van der Waals surface area contributed by atoms with Gasteiger partial charge in [0.25, 0.3) is 0 Å². The lowest BCUT2D eigenvalue weighted by atomic mass is 10.1. The predicted octanol–water partition coefficient (Wildman–Crippen LogP) is 3.34. The zero-order chi connectivity index (χ0) is 13.0. The summed E-state index contributed by atoms with van der Waals surface area (Å²) in [6.07, 6.45) is 2.47. The maximum absolute atomic E-state index is 5.98. The Morgan fingerprint density at radius 3 is 2.83 bits per heavy atom. The Labute approximate surface area is 112 Å². The molecule has 0 spiro atoms. The van der Waals surface area contributed by atoms with Gasteiger partial charge in [-0.3, -0.25) is 4.98 Å². The highest BCUT2D eigenvalue weighted by atomic mass is 35.5. The summed E-state index contributed by atoms with van der Waals surface area (Å²) in [6, 6.07) is 9.29. The number of hydrogen-bond acceptors (Lipinski definition) is 3. The second-order valence-electron chi connectivity index (χ2n) is 3.98. The zero-order valence-electron chi connectivity index (χ0n) is 10.2. The summed E-state index contributed by atoms with van der Waals surface area (Å²) in [5.41, 5.74) is 7.45. The molecule has 2 rings (SSSR count). The molecule has 0 fully saturated rings. The first kappa shape index (κ1) is 12.9. The molecule has 94 valence electrons. The smallest absolute Gasteiger partial charge is 0.148 e. The van der Waals surface area contributed by atoms with Crippen molar-refractivity contribution in [2.75, 3.05) is 6.54 Å². The average molecular weight is 263 g/mol. The molecule has 1 heterocycles. The molecule has 0 aliphatic carbocycles. The van der Waals surface area contributed by atoms with E-state index >= 15 is 0 Å². The molecule has 2 aromatic rings. The summed E-state index contributed by atoms with van der Waals surface area (Å²) >= 11 is 5.98. The summed E-state index contributed by atoms with van der Waals surface area (Å²) in [7, 11) is 0. The maximum Gasteiger partial charge on any atom is 0.148 e. The van der Waals surface area contributed by atoms with Crippen molar-refractivity contribution in [1.82, 2.24) is 4.98 Å². The zero-order valence-corrected chi connectivity index (χ0v) is 10.9. The first-order chi connectivity index (χ1) is 8.70. The van der Waals surface area contributed by atoms with Crippen LogP contribution in [0.3, 0.4) is 0 Å². The van der Waals surface area contributed by atoms with Crippen LogP contribution in [0.2, 0.25) is 5.02 Å². The van der Waals surface area contributed by atoms with Crippen molar-refractivity contribution >= 4 is 11.6 Å². The van der Waals surface area contributed by atoms with Crippen LogP contribution < -0.4 is 10.5 Å². The van der Waals surface area contributed by atoms with Gasteiger partial charge < -0.3 is 10.5 Å². The molecule has 0 atom stereocenters. The van der Waals surface area contributed by atoms with Gasteiger partial charge in [0.1, 0.15) is 11.5 Å². The van der Waals surface area contributed by atoms with Gasteiger partial charge in [0, 0.05) is 11.2 Å². The van der Waals surface area contributed by atoms with Crippen molar-refractivity contribution in [1.29, 1.82) is 0 Å². The number of rotatable bonds is 4. The van der Waals surface area contributed by atoms with E-state index in [-0.39, 0.29) is 0 Å². The van der Waals surface area contributed by atoms with Gasteiger partial charge in [-0.25, -0.2) is 0 Å². The van der Waals surface area contributed by atoms with E-state index < -0.39 is 0 Å². The van der Waals surface area contributed by atoms with Crippen molar-refractivity contribution in [2.24, 2.45) is 5.73 Å². The van der Waals surface area contributed by atoms with E-state index in [0.717, 1.165) is 29.2 Å². The normalized spacial score (nSPS) is 10.4. The van der Waals surface area contributed by atoms with Gasteiger partial charge in [0.15, 0.2) is 0 Å². The van der Waals surface area contributed by atoms with Crippen LogP contribution in [0.4, 0.5) is 0 Å². The van der Waals surface area contributed by atoms with Crippen LogP contribution in [0.25, 0.3) is 0 Å². The molecular weight excluding hydrogens is 248 g/mol. The second kappa shape index (κ2) is 5.85. The van der Waals surface area contributed by atoms with Crippen LogP contribution in [0, 0.1) is 6.92 Å². The van der Waals surface area contributed by atoms with Gasteiger partial charge >= 0.3 is 0 Å². The Bertz CT molecular complexity index is 543. The fourth-order valence-electron chi connectivity index (χ4n) is 1.69.